The smallest absolute Gasteiger partial charge is 0.203 e. The first kappa shape index (κ1) is 7.82. The molecule has 0 saturated carbocycles. The Morgan fingerprint density at radius 3 is 2.86 bits per heavy atom. The van der Waals surface area contributed by atoms with Crippen molar-refractivity contribution in [1.29, 1.82) is 0 Å². The van der Waals surface area contributed by atoms with Gasteiger partial charge in [0.15, 0.2) is 0 Å². The number of benzene rings is 1. The van der Waals surface area contributed by atoms with Crippen LogP contribution in [0.25, 0.3) is 11.0 Å². The van der Waals surface area contributed by atoms with Gasteiger partial charge in [0.2, 0.25) is 5.95 Å². The molecule has 3 rings (SSSR count). The summed E-state index contributed by atoms with van der Waals surface area (Å²) in [6.45, 7) is 1.81. The molecule has 0 unspecified atom stereocenters. The number of aromatic nitrogens is 2. The maximum Gasteiger partial charge on any atom is 0.203 e. The number of H-pyrrole nitrogens is 1. The van der Waals surface area contributed by atoms with E-state index in [-0.39, 0.29) is 0 Å². The highest BCUT2D eigenvalue weighted by atomic mass is 15.3. The fraction of sp³-hybridized carbons (Fsp3) is 0.300. The van der Waals surface area contributed by atoms with Crippen LogP contribution in [0.4, 0.5) is 5.95 Å². The molecule has 1 aromatic carbocycles. The van der Waals surface area contributed by atoms with Crippen molar-refractivity contribution >= 4 is 17.0 Å². The Bertz CT molecular complexity index is 423. The van der Waals surface area contributed by atoms with E-state index in [4.69, 9.17) is 5.73 Å². The molecule has 0 radical (unpaired) electrons. The monoisotopic (exact) mass is 188 g/mol. The van der Waals surface area contributed by atoms with Crippen LogP contribution < -0.4 is 10.6 Å². The largest absolute Gasteiger partial charge is 0.339 e. The van der Waals surface area contributed by atoms with Crippen LogP contribution in [-0.4, -0.2) is 29.1 Å². The van der Waals surface area contributed by atoms with Gasteiger partial charge in [-0.15, -0.1) is 0 Å². The molecule has 1 aromatic heterocycles. The van der Waals surface area contributed by atoms with Gasteiger partial charge in [-0.25, -0.2) is 4.98 Å². The highest BCUT2D eigenvalue weighted by molar-refractivity contribution is 5.77. The fourth-order valence-electron chi connectivity index (χ4n) is 1.77. The maximum absolute atomic E-state index is 5.72. The van der Waals surface area contributed by atoms with E-state index in [2.05, 4.69) is 14.9 Å². The molecule has 0 bridgehead atoms. The van der Waals surface area contributed by atoms with E-state index in [0.717, 1.165) is 30.1 Å². The average Bonchev–Trinajstić information content (AvgIpc) is 2.55. The second-order valence-electron chi connectivity index (χ2n) is 3.74. The SMILES string of the molecule is NC1CN(c2nc3ccccc3[nH]2)C1. The van der Waals surface area contributed by atoms with Gasteiger partial charge in [-0.3, -0.25) is 0 Å². The van der Waals surface area contributed by atoms with E-state index in [0.29, 0.717) is 6.04 Å². The van der Waals surface area contributed by atoms with Gasteiger partial charge in [0.1, 0.15) is 0 Å². The Morgan fingerprint density at radius 2 is 2.14 bits per heavy atom. The number of para-hydroxylation sites is 2. The Balaban J connectivity index is 1.99. The summed E-state index contributed by atoms with van der Waals surface area (Å²) in [5.74, 6) is 0.938. The lowest BCUT2D eigenvalue weighted by Crippen LogP contribution is -2.56. The highest BCUT2D eigenvalue weighted by Gasteiger charge is 2.25. The van der Waals surface area contributed by atoms with Crippen molar-refractivity contribution in [3.63, 3.8) is 0 Å². The Kier molecular flexibility index (Phi) is 1.52. The third-order valence-electron chi connectivity index (χ3n) is 2.59. The van der Waals surface area contributed by atoms with E-state index < -0.39 is 0 Å². The molecule has 4 heteroatoms. The molecular formula is C10H12N4. The number of anilines is 1. The Labute approximate surface area is 81.7 Å². The average molecular weight is 188 g/mol. The zero-order valence-corrected chi connectivity index (χ0v) is 7.77. The predicted molar refractivity (Wildman–Crippen MR) is 56.3 cm³/mol. The van der Waals surface area contributed by atoms with Crippen molar-refractivity contribution < 1.29 is 0 Å². The van der Waals surface area contributed by atoms with Crippen LogP contribution in [0.1, 0.15) is 0 Å². The lowest BCUT2D eigenvalue weighted by atomic mass is 10.1. The van der Waals surface area contributed by atoms with Gasteiger partial charge < -0.3 is 15.6 Å². The second-order valence-corrected chi connectivity index (χ2v) is 3.74. The van der Waals surface area contributed by atoms with E-state index in [1.165, 1.54) is 0 Å². The zero-order valence-electron chi connectivity index (χ0n) is 7.77. The van der Waals surface area contributed by atoms with E-state index >= 15 is 0 Å². The van der Waals surface area contributed by atoms with Crippen LogP contribution in [0.3, 0.4) is 0 Å². The minimum atomic E-state index is 0.309. The van der Waals surface area contributed by atoms with Crippen molar-refractivity contribution in [2.75, 3.05) is 18.0 Å². The summed E-state index contributed by atoms with van der Waals surface area (Å²) in [4.78, 5) is 9.92. The van der Waals surface area contributed by atoms with Gasteiger partial charge in [-0.05, 0) is 12.1 Å². The molecule has 1 aliphatic rings. The number of nitrogens with zero attached hydrogens (tertiary/aromatic N) is 2. The summed E-state index contributed by atoms with van der Waals surface area (Å²) < 4.78 is 0. The molecule has 0 amide bonds. The Morgan fingerprint density at radius 1 is 1.36 bits per heavy atom. The number of nitrogens with two attached hydrogens (primary N) is 1. The molecule has 1 fully saturated rings. The van der Waals surface area contributed by atoms with Gasteiger partial charge in [-0.2, -0.15) is 0 Å². The molecule has 14 heavy (non-hydrogen) atoms. The Hall–Kier alpha value is -1.55. The fourth-order valence-corrected chi connectivity index (χ4v) is 1.77. The lowest BCUT2D eigenvalue weighted by molar-refractivity contribution is 0.511. The van der Waals surface area contributed by atoms with E-state index in [1.807, 2.05) is 24.3 Å². The van der Waals surface area contributed by atoms with Crippen molar-refractivity contribution in [2.45, 2.75) is 6.04 Å². The predicted octanol–water partition coefficient (Wildman–Crippen LogP) is 0.710. The summed E-state index contributed by atoms with van der Waals surface area (Å²) >= 11 is 0. The van der Waals surface area contributed by atoms with E-state index in [1.54, 1.807) is 0 Å². The molecule has 4 nitrogen and oxygen atoms in total. The first-order valence-electron chi connectivity index (χ1n) is 4.78. The molecule has 2 aromatic rings. The maximum atomic E-state index is 5.72. The summed E-state index contributed by atoms with van der Waals surface area (Å²) in [7, 11) is 0. The van der Waals surface area contributed by atoms with Gasteiger partial charge >= 0.3 is 0 Å². The standard InChI is InChI=1S/C10H12N4/c11-7-5-14(6-7)10-12-8-3-1-2-4-9(8)13-10/h1-4,7H,5-6,11H2,(H,12,13). The van der Waals surface area contributed by atoms with Crippen LogP contribution in [0.15, 0.2) is 24.3 Å². The minimum absolute atomic E-state index is 0.309. The molecule has 1 saturated heterocycles. The summed E-state index contributed by atoms with van der Waals surface area (Å²) in [5, 5.41) is 0. The van der Waals surface area contributed by atoms with Gasteiger partial charge in [0, 0.05) is 19.1 Å². The first-order chi connectivity index (χ1) is 6.83. The van der Waals surface area contributed by atoms with Crippen LogP contribution in [0.5, 0.6) is 0 Å². The quantitative estimate of drug-likeness (QED) is 0.693. The topological polar surface area (TPSA) is 57.9 Å². The number of aromatic amines is 1. The normalized spacial score (nSPS) is 17.4. The molecule has 0 aliphatic carbocycles. The molecule has 0 spiro atoms. The second kappa shape index (κ2) is 2.72. The van der Waals surface area contributed by atoms with Crippen molar-refractivity contribution in [3.8, 4) is 0 Å². The van der Waals surface area contributed by atoms with E-state index in [9.17, 15) is 0 Å². The number of hydrogen-bond donors (Lipinski definition) is 2. The molecule has 72 valence electrons. The van der Waals surface area contributed by atoms with Crippen LogP contribution in [0, 0.1) is 0 Å². The van der Waals surface area contributed by atoms with Crippen molar-refractivity contribution in [2.24, 2.45) is 5.73 Å². The third-order valence-corrected chi connectivity index (χ3v) is 2.59. The van der Waals surface area contributed by atoms with Gasteiger partial charge in [0.05, 0.1) is 11.0 Å². The number of fused-ring (bicyclic) bond motifs is 1. The van der Waals surface area contributed by atoms with Crippen LogP contribution in [0.2, 0.25) is 0 Å². The number of hydrogen-bond acceptors (Lipinski definition) is 3. The summed E-state index contributed by atoms with van der Waals surface area (Å²) in [5.41, 5.74) is 7.82. The van der Waals surface area contributed by atoms with Crippen LogP contribution in [-0.2, 0) is 0 Å². The minimum Gasteiger partial charge on any atom is -0.339 e. The lowest BCUT2D eigenvalue weighted by Gasteiger charge is -2.36. The number of rotatable bonds is 1. The number of nitrogens with one attached hydrogen (secondary N) is 1. The van der Waals surface area contributed by atoms with Crippen molar-refractivity contribution in [3.05, 3.63) is 24.3 Å². The third kappa shape index (κ3) is 1.08. The van der Waals surface area contributed by atoms with Gasteiger partial charge in [-0.1, -0.05) is 12.1 Å². The first-order valence-corrected chi connectivity index (χ1v) is 4.78. The van der Waals surface area contributed by atoms with Gasteiger partial charge in [0.25, 0.3) is 0 Å². The highest BCUT2D eigenvalue weighted by Crippen LogP contribution is 2.20. The zero-order chi connectivity index (χ0) is 9.54. The van der Waals surface area contributed by atoms with Crippen LogP contribution >= 0.6 is 0 Å². The summed E-state index contributed by atoms with van der Waals surface area (Å²) in [6.07, 6.45) is 0. The number of imidazole rings is 1. The molecule has 0 atom stereocenters. The van der Waals surface area contributed by atoms with Crippen molar-refractivity contribution in [1.82, 2.24) is 9.97 Å². The summed E-state index contributed by atoms with van der Waals surface area (Å²) in [6, 6.07) is 8.35. The molecule has 1 aliphatic heterocycles. The molecule has 3 N–H and O–H groups in total. The molecule has 2 heterocycles. The molecular weight excluding hydrogens is 176 g/mol.